The van der Waals surface area contributed by atoms with E-state index in [2.05, 4.69) is 32.2 Å². The molecule has 9 heteroatoms. The van der Waals surface area contributed by atoms with Crippen molar-refractivity contribution in [2.75, 3.05) is 49.6 Å². The molecule has 0 atom stereocenters. The number of carbonyl (C=O) groups is 1. The first-order valence-electron chi connectivity index (χ1n) is 12.1. The van der Waals surface area contributed by atoms with Gasteiger partial charge in [-0.3, -0.25) is 4.79 Å². The van der Waals surface area contributed by atoms with Gasteiger partial charge in [-0.15, -0.1) is 0 Å². The molecule has 1 N–H and O–H groups in total. The Morgan fingerprint density at radius 2 is 1.83 bits per heavy atom. The van der Waals surface area contributed by atoms with Crippen molar-refractivity contribution in [3.63, 3.8) is 0 Å². The second kappa shape index (κ2) is 10.6. The number of carbonyl (C=O) groups excluding carboxylic acids is 1. The normalized spacial score (nSPS) is 15.8. The van der Waals surface area contributed by atoms with Crippen LogP contribution in [0.15, 0.2) is 52.0 Å². The number of furan rings is 1. The van der Waals surface area contributed by atoms with Crippen molar-refractivity contribution in [1.82, 2.24) is 15.3 Å². The lowest BCUT2D eigenvalue weighted by atomic mass is 10.2. The largest absolute Gasteiger partial charge is 0.497 e. The fraction of sp³-hybridized carbons (Fsp3) is 0.423. The first-order valence-corrected chi connectivity index (χ1v) is 13.1. The summed E-state index contributed by atoms with van der Waals surface area (Å²) in [6, 6.07) is 13.9. The maximum Gasteiger partial charge on any atom is 0.287 e. The number of thioether (sulfide) groups is 1. The van der Waals surface area contributed by atoms with Crippen LogP contribution in [0, 0.1) is 12.8 Å². The highest BCUT2D eigenvalue weighted by Gasteiger charge is 2.23. The third kappa shape index (κ3) is 6.08. The molecule has 1 amide bonds. The van der Waals surface area contributed by atoms with Crippen molar-refractivity contribution in [3.05, 3.63) is 59.7 Å². The monoisotopic (exact) mass is 493 g/mol. The third-order valence-electron chi connectivity index (χ3n) is 6.34. The number of rotatable bonds is 9. The summed E-state index contributed by atoms with van der Waals surface area (Å²) < 4.78 is 11.0. The summed E-state index contributed by atoms with van der Waals surface area (Å²) in [6.07, 6.45) is 2.41. The molecular formula is C26H31N5O3S. The number of benzene rings is 1. The van der Waals surface area contributed by atoms with E-state index in [0.717, 1.165) is 55.7 Å². The predicted molar refractivity (Wildman–Crippen MR) is 138 cm³/mol. The Bertz CT molecular complexity index is 1150. The highest BCUT2D eigenvalue weighted by Crippen LogP contribution is 2.28. The summed E-state index contributed by atoms with van der Waals surface area (Å²) in [7, 11) is 1.69. The van der Waals surface area contributed by atoms with Crippen LogP contribution in [0.3, 0.4) is 0 Å². The molecular weight excluding hydrogens is 462 g/mol. The fourth-order valence-electron chi connectivity index (χ4n) is 4.10. The number of nitrogens with zero attached hydrogens (tertiary/aromatic N) is 4. The molecule has 3 heterocycles. The minimum Gasteiger partial charge on any atom is -0.497 e. The van der Waals surface area contributed by atoms with E-state index < -0.39 is 0 Å². The smallest absolute Gasteiger partial charge is 0.287 e. The van der Waals surface area contributed by atoms with Crippen LogP contribution in [-0.2, 0) is 5.75 Å². The van der Waals surface area contributed by atoms with Crippen molar-refractivity contribution >= 4 is 29.2 Å². The molecule has 2 aliphatic rings. The van der Waals surface area contributed by atoms with Gasteiger partial charge in [-0.25, -0.2) is 9.97 Å². The first-order chi connectivity index (χ1) is 17.1. The summed E-state index contributed by atoms with van der Waals surface area (Å²) in [5.41, 5.74) is 2.15. The molecule has 0 unspecified atom stereocenters. The summed E-state index contributed by atoms with van der Waals surface area (Å²) >= 11 is 1.52. The minimum atomic E-state index is -0.143. The van der Waals surface area contributed by atoms with Gasteiger partial charge in [0, 0.05) is 50.2 Å². The molecule has 2 fully saturated rings. The van der Waals surface area contributed by atoms with Crippen molar-refractivity contribution < 1.29 is 13.9 Å². The number of aromatic nitrogens is 2. The number of hydrogen-bond donors (Lipinski definition) is 1. The van der Waals surface area contributed by atoms with Gasteiger partial charge in [-0.1, -0.05) is 11.8 Å². The van der Waals surface area contributed by atoms with Gasteiger partial charge < -0.3 is 24.3 Å². The number of amides is 1. The summed E-state index contributed by atoms with van der Waals surface area (Å²) in [4.78, 5) is 26.3. The van der Waals surface area contributed by atoms with Crippen LogP contribution in [0.5, 0.6) is 5.75 Å². The molecule has 1 saturated heterocycles. The Kier molecular flexibility index (Phi) is 7.13. The molecule has 1 saturated carbocycles. The Morgan fingerprint density at radius 1 is 1.09 bits per heavy atom. The Balaban J connectivity index is 1.16. The van der Waals surface area contributed by atoms with Crippen molar-refractivity contribution in [2.24, 2.45) is 5.92 Å². The van der Waals surface area contributed by atoms with Crippen molar-refractivity contribution in [2.45, 2.75) is 30.7 Å². The molecule has 2 aromatic heterocycles. The number of anilines is 2. The van der Waals surface area contributed by atoms with Gasteiger partial charge in [-0.2, -0.15) is 0 Å². The predicted octanol–water partition coefficient (Wildman–Crippen LogP) is 4.15. The highest BCUT2D eigenvalue weighted by molar-refractivity contribution is 7.98. The summed E-state index contributed by atoms with van der Waals surface area (Å²) in [5, 5.41) is 3.66. The maximum absolute atomic E-state index is 12.2. The number of ether oxygens (including phenoxy) is 1. The number of piperazine rings is 1. The number of hydrogen-bond acceptors (Lipinski definition) is 8. The van der Waals surface area contributed by atoms with Crippen molar-refractivity contribution in [1.29, 1.82) is 0 Å². The maximum atomic E-state index is 12.2. The van der Waals surface area contributed by atoms with Gasteiger partial charge in [0.05, 0.1) is 12.9 Å². The van der Waals surface area contributed by atoms with E-state index in [1.54, 1.807) is 13.2 Å². The molecule has 184 valence electrons. The summed E-state index contributed by atoms with van der Waals surface area (Å²) in [5.74, 6) is 4.00. The molecule has 5 rings (SSSR count). The zero-order valence-corrected chi connectivity index (χ0v) is 21.0. The van der Waals surface area contributed by atoms with Gasteiger partial charge >= 0.3 is 0 Å². The number of aryl methyl sites for hydroxylation is 1. The molecule has 0 spiro atoms. The van der Waals surface area contributed by atoms with Crippen LogP contribution in [0.25, 0.3) is 0 Å². The molecule has 35 heavy (non-hydrogen) atoms. The molecule has 1 aliphatic heterocycles. The van der Waals surface area contributed by atoms with Crippen LogP contribution in [-0.4, -0.2) is 55.7 Å². The standard InChI is InChI=1S/C26H31N5O3S/c1-18-15-24(31-13-11-30(12-14-31)20-5-7-21(33-2)8-6-20)29-26(28-18)35-17-22-9-10-23(34-22)25(32)27-16-19-3-4-19/h5-10,15,19H,3-4,11-14,16-17H2,1-2H3,(H,27,32). The Labute approximate surface area is 210 Å². The molecule has 8 nitrogen and oxygen atoms in total. The van der Waals surface area contributed by atoms with E-state index in [0.29, 0.717) is 22.6 Å². The lowest BCUT2D eigenvalue weighted by Gasteiger charge is -2.36. The van der Waals surface area contributed by atoms with Gasteiger partial charge in [0.2, 0.25) is 0 Å². The molecule has 1 aromatic carbocycles. The van der Waals surface area contributed by atoms with Crippen LogP contribution in [0.2, 0.25) is 0 Å². The highest BCUT2D eigenvalue weighted by atomic mass is 32.2. The Hall–Kier alpha value is -3.20. The molecule has 3 aromatic rings. The zero-order chi connectivity index (χ0) is 24.2. The van der Waals surface area contributed by atoms with Crippen LogP contribution >= 0.6 is 11.8 Å². The Morgan fingerprint density at radius 3 is 2.54 bits per heavy atom. The van der Waals surface area contributed by atoms with Crippen LogP contribution in [0.4, 0.5) is 11.5 Å². The van der Waals surface area contributed by atoms with Crippen LogP contribution < -0.4 is 19.9 Å². The quantitative estimate of drug-likeness (QED) is 0.352. The fourth-order valence-corrected chi connectivity index (χ4v) is 4.89. The van der Waals surface area contributed by atoms with E-state index in [4.69, 9.17) is 14.1 Å². The van der Waals surface area contributed by atoms with Gasteiger partial charge in [0.1, 0.15) is 17.3 Å². The lowest BCUT2D eigenvalue weighted by Crippen LogP contribution is -2.46. The first kappa shape index (κ1) is 23.5. The SMILES string of the molecule is COc1ccc(N2CCN(c3cc(C)nc(SCc4ccc(C(=O)NCC5CC5)o4)n3)CC2)cc1. The average molecular weight is 494 g/mol. The zero-order valence-electron chi connectivity index (χ0n) is 20.2. The van der Waals surface area contributed by atoms with Gasteiger partial charge in [-0.05, 0) is 62.1 Å². The molecule has 1 aliphatic carbocycles. The summed E-state index contributed by atoms with van der Waals surface area (Å²) in [6.45, 7) is 6.37. The number of methoxy groups -OCH3 is 1. The van der Waals surface area contributed by atoms with E-state index in [1.165, 1.54) is 30.3 Å². The minimum absolute atomic E-state index is 0.143. The van der Waals surface area contributed by atoms with E-state index in [-0.39, 0.29) is 5.91 Å². The second-order valence-corrected chi connectivity index (χ2v) is 9.97. The van der Waals surface area contributed by atoms with Crippen LogP contribution in [0.1, 0.15) is 34.9 Å². The van der Waals surface area contributed by atoms with Gasteiger partial charge in [0.15, 0.2) is 10.9 Å². The van der Waals surface area contributed by atoms with Crippen molar-refractivity contribution in [3.8, 4) is 5.75 Å². The topological polar surface area (TPSA) is 83.7 Å². The van der Waals surface area contributed by atoms with E-state index >= 15 is 0 Å². The molecule has 0 radical (unpaired) electrons. The van der Waals surface area contributed by atoms with E-state index in [9.17, 15) is 4.79 Å². The third-order valence-corrected chi connectivity index (χ3v) is 7.21. The second-order valence-electron chi connectivity index (χ2n) is 9.03. The van der Waals surface area contributed by atoms with Gasteiger partial charge in [0.25, 0.3) is 5.91 Å². The van der Waals surface area contributed by atoms with E-state index in [1.807, 2.05) is 31.2 Å². The lowest BCUT2D eigenvalue weighted by molar-refractivity contribution is 0.0922. The molecule has 0 bridgehead atoms. The number of nitrogens with one attached hydrogen (secondary N) is 1. The average Bonchev–Trinajstić information content (AvgIpc) is 3.60.